The van der Waals surface area contributed by atoms with Crippen LogP contribution in [-0.4, -0.2) is 11.3 Å². The molecule has 0 amide bonds. The first kappa shape index (κ1) is 10.1. The van der Waals surface area contributed by atoms with Crippen LogP contribution in [0.3, 0.4) is 0 Å². The molecule has 0 aliphatic rings. The van der Waals surface area contributed by atoms with Crippen molar-refractivity contribution < 1.29 is 22.7 Å². The molecule has 0 fully saturated rings. The van der Waals surface area contributed by atoms with Gasteiger partial charge in [0.1, 0.15) is 11.5 Å². The van der Waals surface area contributed by atoms with E-state index >= 15 is 0 Å². The van der Waals surface area contributed by atoms with Gasteiger partial charge in [-0.25, -0.2) is 0 Å². The van der Waals surface area contributed by atoms with Gasteiger partial charge in [-0.1, -0.05) is 0 Å². The summed E-state index contributed by atoms with van der Waals surface area (Å²) in [7, 11) is 0. The first-order valence-corrected chi connectivity index (χ1v) is 3.61. The van der Waals surface area contributed by atoms with Gasteiger partial charge in [-0.15, -0.1) is 0 Å². The molecule has 1 atom stereocenters. The normalized spacial score (nSPS) is 17.1. The summed E-state index contributed by atoms with van der Waals surface area (Å²) in [5.74, 6) is -0.156. The Hall–Kier alpha value is -0.970. The fourth-order valence-corrected chi connectivity index (χ4v) is 0.836. The van der Waals surface area contributed by atoms with Crippen LogP contribution in [-0.2, 0) is 5.60 Å². The quantitative estimate of drug-likeness (QED) is 0.744. The minimum Gasteiger partial charge on any atom is -0.463 e. The summed E-state index contributed by atoms with van der Waals surface area (Å²) in [6.07, 6.45) is -4.72. The number of rotatable bonds is 1. The van der Waals surface area contributed by atoms with Crippen molar-refractivity contribution in [1.82, 2.24) is 0 Å². The van der Waals surface area contributed by atoms with Crippen LogP contribution in [0, 0.1) is 6.92 Å². The zero-order chi connectivity index (χ0) is 10.3. The highest BCUT2D eigenvalue weighted by Crippen LogP contribution is 2.38. The Morgan fingerprint density at radius 3 is 2.15 bits per heavy atom. The van der Waals surface area contributed by atoms with E-state index in [-0.39, 0.29) is 0 Å². The molecule has 13 heavy (non-hydrogen) atoms. The standard InChI is InChI=1S/C8H9F3O2/c1-5-3-4-6(13-5)7(2,12)8(9,10)11/h3-4,12H,1-2H3. The second kappa shape index (κ2) is 2.77. The Bertz CT molecular complexity index is 299. The van der Waals surface area contributed by atoms with E-state index in [2.05, 4.69) is 0 Å². The van der Waals surface area contributed by atoms with Crippen LogP contribution < -0.4 is 0 Å². The molecule has 1 rings (SSSR count). The molecule has 0 bridgehead atoms. The zero-order valence-electron chi connectivity index (χ0n) is 7.14. The van der Waals surface area contributed by atoms with Crippen molar-refractivity contribution in [1.29, 1.82) is 0 Å². The van der Waals surface area contributed by atoms with Crippen molar-refractivity contribution in [3.63, 3.8) is 0 Å². The highest BCUT2D eigenvalue weighted by molar-refractivity contribution is 5.14. The first-order valence-electron chi connectivity index (χ1n) is 3.61. The van der Waals surface area contributed by atoms with Crippen LogP contribution >= 0.6 is 0 Å². The highest BCUT2D eigenvalue weighted by atomic mass is 19.4. The summed E-state index contributed by atoms with van der Waals surface area (Å²) in [5.41, 5.74) is -2.92. The number of halogens is 3. The zero-order valence-corrected chi connectivity index (χ0v) is 7.14. The lowest BCUT2D eigenvalue weighted by molar-refractivity contribution is -0.264. The third kappa shape index (κ3) is 1.70. The van der Waals surface area contributed by atoms with Gasteiger partial charge in [-0.3, -0.25) is 0 Å². The number of alkyl halides is 3. The van der Waals surface area contributed by atoms with Crippen molar-refractivity contribution in [2.45, 2.75) is 25.6 Å². The van der Waals surface area contributed by atoms with E-state index in [0.29, 0.717) is 12.7 Å². The van der Waals surface area contributed by atoms with Gasteiger partial charge in [0.2, 0.25) is 5.60 Å². The monoisotopic (exact) mass is 194 g/mol. The van der Waals surface area contributed by atoms with E-state index in [4.69, 9.17) is 9.52 Å². The van der Waals surface area contributed by atoms with E-state index in [1.165, 1.54) is 13.0 Å². The van der Waals surface area contributed by atoms with Gasteiger partial charge >= 0.3 is 6.18 Å². The molecule has 0 radical (unpaired) electrons. The molecule has 1 aromatic heterocycles. The van der Waals surface area contributed by atoms with Crippen LogP contribution in [0.15, 0.2) is 16.5 Å². The maximum atomic E-state index is 12.2. The van der Waals surface area contributed by atoms with E-state index < -0.39 is 17.5 Å². The minimum atomic E-state index is -4.72. The molecular formula is C8H9F3O2. The molecule has 1 N–H and O–H groups in total. The summed E-state index contributed by atoms with van der Waals surface area (Å²) >= 11 is 0. The lowest BCUT2D eigenvalue weighted by Crippen LogP contribution is -2.38. The summed E-state index contributed by atoms with van der Waals surface area (Å²) in [4.78, 5) is 0. The molecule has 2 nitrogen and oxygen atoms in total. The summed E-state index contributed by atoms with van der Waals surface area (Å²) in [6.45, 7) is 2.17. The highest BCUT2D eigenvalue weighted by Gasteiger charge is 2.53. The van der Waals surface area contributed by atoms with Gasteiger partial charge in [0, 0.05) is 0 Å². The van der Waals surface area contributed by atoms with Crippen molar-refractivity contribution in [2.24, 2.45) is 0 Å². The average molecular weight is 194 g/mol. The Balaban J connectivity index is 3.07. The van der Waals surface area contributed by atoms with E-state index in [0.717, 1.165) is 6.07 Å². The molecule has 0 aliphatic heterocycles. The molecule has 1 aromatic rings. The van der Waals surface area contributed by atoms with Crippen molar-refractivity contribution in [3.05, 3.63) is 23.7 Å². The topological polar surface area (TPSA) is 33.4 Å². The number of aliphatic hydroxyl groups is 1. The Labute approximate surface area is 73.0 Å². The third-order valence-electron chi connectivity index (χ3n) is 1.77. The predicted octanol–water partition coefficient (Wildman–Crippen LogP) is 2.36. The van der Waals surface area contributed by atoms with Gasteiger partial charge in [0.05, 0.1) is 0 Å². The molecule has 1 heterocycles. The minimum absolute atomic E-state index is 0.333. The van der Waals surface area contributed by atoms with Crippen LogP contribution in [0.1, 0.15) is 18.4 Å². The lowest BCUT2D eigenvalue weighted by atomic mass is 10.0. The van der Waals surface area contributed by atoms with Crippen LogP contribution in [0.2, 0.25) is 0 Å². The fraction of sp³-hybridized carbons (Fsp3) is 0.500. The van der Waals surface area contributed by atoms with E-state index in [1.54, 1.807) is 0 Å². The molecule has 0 aromatic carbocycles. The number of furan rings is 1. The van der Waals surface area contributed by atoms with Gasteiger partial charge in [0.25, 0.3) is 0 Å². The van der Waals surface area contributed by atoms with Crippen LogP contribution in [0.4, 0.5) is 13.2 Å². The maximum Gasteiger partial charge on any atom is 0.424 e. The molecule has 1 unspecified atom stereocenters. The van der Waals surface area contributed by atoms with Gasteiger partial charge < -0.3 is 9.52 Å². The van der Waals surface area contributed by atoms with Gasteiger partial charge in [0.15, 0.2) is 0 Å². The fourth-order valence-electron chi connectivity index (χ4n) is 0.836. The number of hydrogen-bond donors (Lipinski definition) is 1. The maximum absolute atomic E-state index is 12.2. The molecule has 0 aliphatic carbocycles. The number of aryl methyl sites for hydroxylation is 1. The Kier molecular flexibility index (Phi) is 2.15. The Morgan fingerprint density at radius 2 is 1.85 bits per heavy atom. The predicted molar refractivity (Wildman–Crippen MR) is 39.1 cm³/mol. The molecule has 0 saturated carbocycles. The first-order chi connectivity index (χ1) is 5.75. The molecule has 74 valence electrons. The van der Waals surface area contributed by atoms with Gasteiger partial charge in [-0.05, 0) is 26.0 Å². The summed E-state index contributed by atoms with van der Waals surface area (Å²) in [6, 6.07) is 2.48. The Morgan fingerprint density at radius 1 is 1.31 bits per heavy atom. The molecule has 5 heteroatoms. The summed E-state index contributed by atoms with van der Waals surface area (Å²) < 4.78 is 41.4. The van der Waals surface area contributed by atoms with Crippen molar-refractivity contribution >= 4 is 0 Å². The second-order valence-corrected chi connectivity index (χ2v) is 2.98. The second-order valence-electron chi connectivity index (χ2n) is 2.98. The molecular weight excluding hydrogens is 185 g/mol. The van der Waals surface area contributed by atoms with E-state index in [9.17, 15) is 13.2 Å². The molecule has 0 spiro atoms. The van der Waals surface area contributed by atoms with Crippen molar-refractivity contribution in [3.8, 4) is 0 Å². The smallest absolute Gasteiger partial charge is 0.424 e. The largest absolute Gasteiger partial charge is 0.463 e. The number of hydrogen-bond acceptors (Lipinski definition) is 2. The molecule has 0 saturated heterocycles. The van der Waals surface area contributed by atoms with Crippen LogP contribution in [0.25, 0.3) is 0 Å². The lowest BCUT2D eigenvalue weighted by Gasteiger charge is -2.23. The van der Waals surface area contributed by atoms with E-state index in [1.807, 2.05) is 0 Å². The van der Waals surface area contributed by atoms with Gasteiger partial charge in [-0.2, -0.15) is 13.2 Å². The third-order valence-corrected chi connectivity index (χ3v) is 1.77. The van der Waals surface area contributed by atoms with Crippen molar-refractivity contribution in [2.75, 3.05) is 0 Å². The summed E-state index contributed by atoms with van der Waals surface area (Å²) in [5, 5.41) is 9.12. The SMILES string of the molecule is Cc1ccc(C(C)(O)C(F)(F)F)o1. The average Bonchev–Trinajstić information content (AvgIpc) is 2.33. The van der Waals surface area contributed by atoms with Crippen LogP contribution in [0.5, 0.6) is 0 Å².